The Bertz CT molecular complexity index is 445. The second-order valence-electron chi connectivity index (χ2n) is 5.73. The van der Waals surface area contributed by atoms with Gasteiger partial charge < -0.3 is 15.0 Å². The highest BCUT2D eigenvalue weighted by Crippen LogP contribution is 2.23. The van der Waals surface area contributed by atoms with Gasteiger partial charge in [0.2, 0.25) is 5.91 Å². The minimum Gasteiger partial charge on any atom is -0.383 e. The van der Waals surface area contributed by atoms with Crippen molar-refractivity contribution >= 4 is 5.91 Å². The first-order valence-electron chi connectivity index (χ1n) is 7.75. The average Bonchev–Trinajstić information content (AvgIpc) is 2.82. The van der Waals surface area contributed by atoms with Crippen molar-refractivity contribution in [2.45, 2.75) is 38.8 Å². The summed E-state index contributed by atoms with van der Waals surface area (Å²) in [5.74, 6) is 0.289. The standard InChI is InChI=1S/C17H26N2O2/c1-14-3-5-15(6-4-14)13-19-16(7-8-17(19)20)9-10-18-11-12-21-2/h3-6,16,18H,7-13H2,1-2H3/t16-/m1/s1. The third kappa shape index (κ3) is 4.83. The number of benzene rings is 1. The number of ether oxygens (including phenoxy) is 1. The molecule has 4 heteroatoms. The van der Waals surface area contributed by atoms with Crippen LogP contribution in [0.25, 0.3) is 0 Å². The smallest absolute Gasteiger partial charge is 0.223 e. The van der Waals surface area contributed by atoms with Crippen LogP contribution in [-0.2, 0) is 16.1 Å². The maximum Gasteiger partial charge on any atom is 0.223 e. The summed E-state index contributed by atoms with van der Waals surface area (Å²) in [6.07, 6.45) is 2.69. The van der Waals surface area contributed by atoms with E-state index in [1.807, 2.05) is 4.90 Å². The summed E-state index contributed by atoms with van der Waals surface area (Å²) in [7, 11) is 1.71. The van der Waals surface area contributed by atoms with Crippen molar-refractivity contribution in [3.63, 3.8) is 0 Å². The molecule has 0 saturated carbocycles. The van der Waals surface area contributed by atoms with Gasteiger partial charge >= 0.3 is 0 Å². The molecule has 1 N–H and O–H groups in total. The number of likely N-dealkylation sites (tertiary alicyclic amines) is 1. The number of aryl methyl sites for hydroxylation is 1. The van der Waals surface area contributed by atoms with Crippen molar-refractivity contribution in [1.29, 1.82) is 0 Å². The average molecular weight is 290 g/mol. The Kier molecular flexibility index (Phi) is 6.21. The van der Waals surface area contributed by atoms with Crippen molar-refractivity contribution in [1.82, 2.24) is 10.2 Å². The van der Waals surface area contributed by atoms with Crippen LogP contribution >= 0.6 is 0 Å². The van der Waals surface area contributed by atoms with Crippen LogP contribution in [0.15, 0.2) is 24.3 Å². The van der Waals surface area contributed by atoms with E-state index in [9.17, 15) is 4.79 Å². The molecular formula is C17H26N2O2. The van der Waals surface area contributed by atoms with Gasteiger partial charge in [-0.25, -0.2) is 0 Å². The summed E-state index contributed by atoms with van der Waals surface area (Å²) in [6, 6.07) is 8.83. The number of methoxy groups -OCH3 is 1. The number of carbonyl (C=O) groups is 1. The minimum atomic E-state index is 0.289. The first-order chi connectivity index (χ1) is 10.2. The molecule has 1 heterocycles. The van der Waals surface area contributed by atoms with Gasteiger partial charge in [0, 0.05) is 32.7 Å². The molecule has 116 valence electrons. The van der Waals surface area contributed by atoms with Gasteiger partial charge in [0.15, 0.2) is 0 Å². The molecule has 0 radical (unpaired) electrons. The van der Waals surface area contributed by atoms with Gasteiger partial charge in [0.1, 0.15) is 0 Å². The van der Waals surface area contributed by atoms with Crippen LogP contribution in [0.1, 0.15) is 30.4 Å². The lowest BCUT2D eigenvalue weighted by molar-refractivity contribution is -0.129. The fraction of sp³-hybridized carbons (Fsp3) is 0.588. The van der Waals surface area contributed by atoms with E-state index in [4.69, 9.17) is 4.74 Å². The molecule has 21 heavy (non-hydrogen) atoms. The third-order valence-electron chi connectivity index (χ3n) is 4.06. The van der Waals surface area contributed by atoms with Crippen LogP contribution in [-0.4, -0.2) is 43.7 Å². The first kappa shape index (κ1) is 16.0. The van der Waals surface area contributed by atoms with Crippen LogP contribution < -0.4 is 5.32 Å². The molecule has 0 spiro atoms. The minimum absolute atomic E-state index is 0.289. The Labute approximate surface area is 127 Å². The van der Waals surface area contributed by atoms with Gasteiger partial charge in [-0.2, -0.15) is 0 Å². The predicted octanol–water partition coefficient (Wildman–Crippen LogP) is 2.11. The number of hydrogen-bond acceptors (Lipinski definition) is 3. The second-order valence-corrected chi connectivity index (χ2v) is 5.73. The maximum atomic E-state index is 12.1. The fourth-order valence-electron chi connectivity index (χ4n) is 2.77. The lowest BCUT2D eigenvalue weighted by Crippen LogP contribution is -2.35. The molecular weight excluding hydrogens is 264 g/mol. The SMILES string of the molecule is COCCNCC[C@H]1CCC(=O)N1Cc1ccc(C)cc1. The van der Waals surface area contributed by atoms with Gasteiger partial charge in [-0.1, -0.05) is 29.8 Å². The number of rotatable bonds is 8. The highest BCUT2D eigenvalue weighted by atomic mass is 16.5. The van der Waals surface area contributed by atoms with Gasteiger partial charge in [-0.05, 0) is 31.9 Å². The lowest BCUT2D eigenvalue weighted by atomic mass is 10.1. The van der Waals surface area contributed by atoms with E-state index in [0.29, 0.717) is 12.5 Å². The lowest BCUT2D eigenvalue weighted by Gasteiger charge is -2.25. The summed E-state index contributed by atoms with van der Waals surface area (Å²) in [6.45, 7) is 5.36. The van der Waals surface area contributed by atoms with E-state index in [-0.39, 0.29) is 5.91 Å². The van der Waals surface area contributed by atoms with Crippen LogP contribution in [0.2, 0.25) is 0 Å². The van der Waals surface area contributed by atoms with Gasteiger partial charge in [-0.3, -0.25) is 4.79 Å². The molecule has 0 aromatic heterocycles. The molecule has 1 fully saturated rings. The molecule has 0 bridgehead atoms. The van der Waals surface area contributed by atoms with E-state index in [1.165, 1.54) is 11.1 Å². The van der Waals surface area contributed by atoms with E-state index >= 15 is 0 Å². The van der Waals surface area contributed by atoms with Gasteiger partial charge in [0.25, 0.3) is 0 Å². The third-order valence-corrected chi connectivity index (χ3v) is 4.06. The van der Waals surface area contributed by atoms with Crippen LogP contribution in [0.3, 0.4) is 0 Å². The number of amides is 1. The highest BCUT2D eigenvalue weighted by Gasteiger charge is 2.30. The zero-order valence-corrected chi connectivity index (χ0v) is 13.1. The second kappa shape index (κ2) is 8.15. The van der Waals surface area contributed by atoms with Crippen LogP contribution in [0.4, 0.5) is 0 Å². The van der Waals surface area contributed by atoms with E-state index in [1.54, 1.807) is 7.11 Å². The van der Waals surface area contributed by atoms with Crippen molar-refractivity contribution in [2.24, 2.45) is 0 Å². The monoisotopic (exact) mass is 290 g/mol. The van der Waals surface area contributed by atoms with E-state index in [2.05, 4.69) is 36.5 Å². The molecule has 1 saturated heterocycles. The summed E-state index contributed by atoms with van der Waals surface area (Å²) >= 11 is 0. The Hall–Kier alpha value is -1.39. The Morgan fingerprint density at radius 3 is 2.76 bits per heavy atom. The van der Waals surface area contributed by atoms with Crippen LogP contribution in [0.5, 0.6) is 0 Å². The van der Waals surface area contributed by atoms with Gasteiger partial charge in [0.05, 0.1) is 6.61 Å². The number of nitrogens with zero attached hydrogens (tertiary/aromatic N) is 1. The Balaban J connectivity index is 1.83. The zero-order chi connectivity index (χ0) is 15.1. The summed E-state index contributed by atoms with van der Waals surface area (Å²) in [5, 5.41) is 3.36. The number of nitrogens with one attached hydrogen (secondary N) is 1. The number of carbonyl (C=O) groups excluding carboxylic acids is 1. The van der Waals surface area contributed by atoms with E-state index in [0.717, 1.165) is 39.1 Å². The number of hydrogen-bond donors (Lipinski definition) is 1. The molecule has 0 unspecified atom stereocenters. The first-order valence-corrected chi connectivity index (χ1v) is 7.75. The summed E-state index contributed by atoms with van der Waals surface area (Å²) < 4.78 is 5.01. The maximum absolute atomic E-state index is 12.1. The quantitative estimate of drug-likeness (QED) is 0.746. The van der Waals surface area contributed by atoms with Gasteiger partial charge in [-0.15, -0.1) is 0 Å². The summed E-state index contributed by atoms with van der Waals surface area (Å²) in [5.41, 5.74) is 2.47. The molecule has 1 aromatic rings. The topological polar surface area (TPSA) is 41.6 Å². The molecule has 1 atom stereocenters. The molecule has 2 rings (SSSR count). The van der Waals surface area contributed by atoms with Crippen molar-refractivity contribution in [2.75, 3.05) is 26.8 Å². The van der Waals surface area contributed by atoms with Crippen molar-refractivity contribution < 1.29 is 9.53 Å². The van der Waals surface area contributed by atoms with Crippen molar-refractivity contribution in [3.05, 3.63) is 35.4 Å². The Morgan fingerprint density at radius 2 is 2.05 bits per heavy atom. The Morgan fingerprint density at radius 1 is 1.29 bits per heavy atom. The van der Waals surface area contributed by atoms with Crippen molar-refractivity contribution in [3.8, 4) is 0 Å². The fourth-order valence-corrected chi connectivity index (χ4v) is 2.77. The molecule has 1 aliphatic rings. The zero-order valence-electron chi connectivity index (χ0n) is 13.1. The predicted molar refractivity (Wildman–Crippen MR) is 84.1 cm³/mol. The molecule has 1 aliphatic heterocycles. The molecule has 1 amide bonds. The highest BCUT2D eigenvalue weighted by molar-refractivity contribution is 5.78. The molecule has 0 aliphatic carbocycles. The molecule has 4 nitrogen and oxygen atoms in total. The normalized spacial score (nSPS) is 18.5. The molecule has 1 aromatic carbocycles. The van der Waals surface area contributed by atoms with E-state index < -0.39 is 0 Å². The van der Waals surface area contributed by atoms with Crippen LogP contribution in [0, 0.1) is 6.92 Å². The summed E-state index contributed by atoms with van der Waals surface area (Å²) in [4.78, 5) is 14.1. The largest absolute Gasteiger partial charge is 0.383 e.